The lowest BCUT2D eigenvalue weighted by Gasteiger charge is -2.07. The minimum Gasteiger partial charge on any atom is -0.497 e. The van der Waals surface area contributed by atoms with Crippen molar-refractivity contribution in [2.24, 2.45) is 0 Å². The number of methoxy groups -OCH3 is 1. The van der Waals surface area contributed by atoms with Gasteiger partial charge in [0.1, 0.15) is 29.6 Å². The predicted octanol–water partition coefficient (Wildman–Crippen LogP) is 6.12. The molecule has 4 aromatic rings. The molecule has 0 unspecified atom stereocenters. The van der Waals surface area contributed by atoms with Gasteiger partial charge in [0, 0.05) is 16.7 Å². The second-order valence-electron chi connectivity index (χ2n) is 8.66. The third-order valence-corrected chi connectivity index (χ3v) is 5.97. The van der Waals surface area contributed by atoms with Gasteiger partial charge in [-0.05, 0) is 104 Å². The van der Waals surface area contributed by atoms with E-state index in [9.17, 15) is 19.2 Å². The molecule has 1 N–H and O–H groups in total. The molecule has 0 saturated carbocycles. The Kier molecular flexibility index (Phi) is 8.64. The number of Topliss-reactive ketones (excluding diaryl/α,β-unsaturated/α-hetero) is 3. The monoisotopic (exact) mass is 523 g/mol. The van der Waals surface area contributed by atoms with Crippen LogP contribution in [0.25, 0.3) is 0 Å². The maximum Gasteiger partial charge on any atom is 0.327 e. The number of carbonyl (C=O) groups excluding carboxylic acids is 4. The third kappa shape index (κ3) is 7.05. The molecule has 0 aliphatic carbocycles. The van der Waals surface area contributed by atoms with Crippen LogP contribution in [0.3, 0.4) is 0 Å². The van der Waals surface area contributed by atoms with Gasteiger partial charge < -0.3 is 14.2 Å². The zero-order chi connectivity index (χ0) is 27.8. The minimum atomic E-state index is -0.613. The number of rotatable bonds is 12. The predicted molar refractivity (Wildman–Crippen MR) is 147 cm³/mol. The van der Waals surface area contributed by atoms with E-state index in [-0.39, 0.29) is 35.7 Å². The molecule has 0 heterocycles. The summed E-state index contributed by atoms with van der Waals surface area (Å²) in [6.45, 7) is 1.72. The highest BCUT2D eigenvalue weighted by molar-refractivity contribution is 6.49. The molecule has 0 spiro atoms. The molecule has 0 atom stereocenters. The summed E-state index contributed by atoms with van der Waals surface area (Å²) in [7, 11) is 1.53. The summed E-state index contributed by atoms with van der Waals surface area (Å²) in [4.78, 5) is 46.9. The second kappa shape index (κ2) is 12.5. The van der Waals surface area contributed by atoms with Gasteiger partial charge in [-0.15, -0.1) is 0 Å². The van der Waals surface area contributed by atoms with E-state index in [0.717, 1.165) is 0 Å². The SMILES string of the molecule is COc1ccc(C(=O)C(=O)c2ccc(OCCC(=[OH+])c3ccc(Oc4ccc(C(C)=O)cc4)cc3)cc2)cc1. The van der Waals surface area contributed by atoms with Gasteiger partial charge in [-0.3, -0.25) is 19.2 Å². The fourth-order valence-corrected chi connectivity index (χ4v) is 3.73. The van der Waals surface area contributed by atoms with Crippen molar-refractivity contribution in [3.63, 3.8) is 0 Å². The zero-order valence-corrected chi connectivity index (χ0v) is 21.5. The third-order valence-electron chi connectivity index (χ3n) is 5.97. The molecule has 0 bridgehead atoms. The summed E-state index contributed by atoms with van der Waals surface area (Å²) in [5.41, 5.74) is 1.80. The van der Waals surface area contributed by atoms with E-state index in [4.69, 9.17) is 14.2 Å². The van der Waals surface area contributed by atoms with Crippen molar-refractivity contribution in [2.75, 3.05) is 13.7 Å². The molecule has 0 fully saturated rings. The first-order chi connectivity index (χ1) is 18.8. The van der Waals surface area contributed by atoms with Gasteiger partial charge in [-0.1, -0.05) is 0 Å². The molecule has 0 aliphatic heterocycles. The van der Waals surface area contributed by atoms with E-state index in [1.807, 2.05) is 0 Å². The van der Waals surface area contributed by atoms with Crippen LogP contribution in [-0.2, 0) is 0 Å². The first-order valence-corrected chi connectivity index (χ1v) is 12.2. The summed E-state index contributed by atoms with van der Waals surface area (Å²) in [6.07, 6.45) is 0.267. The summed E-state index contributed by atoms with van der Waals surface area (Å²) >= 11 is 0. The van der Waals surface area contributed by atoms with Crippen molar-refractivity contribution in [1.82, 2.24) is 0 Å². The Bertz CT molecular complexity index is 1470. The summed E-state index contributed by atoms with van der Waals surface area (Å²) in [6, 6.07) is 26.5. The van der Waals surface area contributed by atoms with Crippen LogP contribution in [0.2, 0.25) is 0 Å². The van der Waals surface area contributed by atoms with Gasteiger partial charge in [0.05, 0.1) is 19.1 Å². The van der Waals surface area contributed by atoms with Gasteiger partial charge in [-0.25, -0.2) is 0 Å². The Morgan fingerprint density at radius 2 is 1.00 bits per heavy atom. The van der Waals surface area contributed by atoms with Gasteiger partial charge in [0.2, 0.25) is 11.6 Å². The van der Waals surface area contributed by atoms with Crippen molar-refractivity contribution in [2.45, 2.75) is 13.3 Å². The van der Waals surface area contributed by atoms with Gasteiger partial charge in [0.25, 0.3) is 0 Å². The molecule has 39 heavy (non-hydrogen) atoms. The lowest BCUT2D eigenvalue weighted by molar-refractivity contribution is 0.0817. The quantitative estimate of drug-likeness (QED) is 0.126. The average molecular weight is 524 g/mol. The number of hydrogen-bond donors (Lipinski definition) is 0. The first kappa shape index (κ1) is 27.0. The van der Waals surface area contributed by atoms with Crippen LogP contribution in [0.4, 0.5) is 0 Å². The van der Waals surface area contributed by atoms with Crippen LogP contribution in [0.15, 0.2) is 97.1 Å². The Morgan fingerprint density at radius 3 is 1.46 bits per heavy atom. The maximum absolute atomic E-state index is 12.6. The second-order valence-corrected chi connectivity index (χ2v) is 8.66. The smallest absolute Gasteiger partial charge is 0.327 e. The number of carbonyl (C=O) groups is 3. The van der Waals surface area contributed by atoms with Gasteiger partial charge in [-0.2, -0.15) is 0 Å². The number of ether oxygens (including phenoxy) is 3. The topological polar surface area (TPSA) is 100 Å². The van der Waals surface area contributed by atoms with E-state index < -0.39 is 11.6 Å². The lowest BCUT2D eigenvalue weighted by atomic mass is 10.0. The Hall–Kier alpha value is -5.04. The van der Waals surface area contributed by atoms with E-state index in [2.05, 4.69) is 0 Å². The number of ketones is 4. The summed E-state index contributed by atoms with van der Waals surface area (Å²) in [5, 5.41) is 0. The molecule has 4 rings (SSSR count). The number of benzene rings is 4. The van der Waals surface area contributed by atoms with E-state index >= 15 is 0 Å². The van der Waals surface area contributed by atoms with Crippen LogP contribution in [0.1, 0.15) is 50.0 Å². The van der Waals surface area contributed by atoms with E-state index in [1.54, 1.807) is 84.9 Å². The molecule has 0 radical (unpaired) electrons. The molecule has 7 heteroatoms. The average Bonchev–Trinajstić information content (AvgIpc) is 2.97. The van der Waals surface area contributed by atoms with Crippen LogP contribution in [0, 0.1) is 0 Å². The Balaban J connectivity index is 1.25. The largest absolute Gasteiger partial charge is 0.497 e. The first-order valence-electron chi connectivity index (χ1n) is 12.2. The zero-order valence-electron chi connectivity index (χ0n) is 21.5. The number of hydrogen-bond acceptors (Lipinski definition) is 6. The molecular weight excluding hydrogens is 496 g/mol. The minimum absolute atomic E-state index is 0.00902. The highest BCUT2D eigenvalue weighted by Gasteiger charge is 2.19. The maximum atomic E-state index is 12.6. The van der Waals surface area contributed by atoms with Gasteiger partial charge >= 0.3 is 5.78 Å². The molecule has 7 nitrogen and oxygen atoms in total. The van der Waals surface area contributed by atoms with Crippen LogP contribution >= 0.6 is 0 Å². The van der Waals surface area contributed by atoms with E-state index in [1.165, 1.54) is 26.2 Å². The highest BCUT2D eigenvalue weighted by atomic mass is 16.5. The van der Waals surface area contributed by atoms with Gasteiger partial charge in [0.15, 0.2) is 5.78 Å². The molecular formula is C32H27O7+. The molecule has 4 aromatic carbocycles. The molecule has 196 valence electrons. The fraction of sp³-hybridized carbons (Fsp3) is 0.125. The molecule has 0 aliphatic rings. The Labute approximate surface area is 226 Å². The molecule has 0 saturated heterocycles. The van der Waals surface area contributed by atoms with Crippen molar-refractivity contribution in [1.29, 1.82) is 0 Å². The van der Waals surface area contributed by atoms with Crippen LogP contribution < -0.4 is 14.2 Å². The normalized spacial score (nSPS) is 10.4. The van der Waals surface area contributed by atoms with E-state index in [0.29, 0.717) is 34.1 Å². The lowest BCUT2D eigenvalue weighted by Crippen LogP contribution is -2.14. The highest BCUT2D eigenvalue weighted by Crippen LogP contribution is 2.23. The van der Waals surface area contributed by atoms with Crippen molar-refractivity contribution >= 4 is 23.1 Å². The Morgan fingerprint density at radius 1 is 0.590 bits per heavy atom. The van der Waals surface area contributed by atoms with Crippen LogP contribution in [0.5, 0.6) is 23.0 Å². The fourth-order valence-electron chi connectivity index (χ4n) is 3.73. The standard InChI is InChI=1S/C32H26O7/c1-21(33)22-3-15-28(16-4-22)39-29-17-5-23(6-18-29)30(34)19-20-38-27-13-9-25(10-14-27)32(36)31(35)24-7-11-26(37-2)12-8-24/h3-18H,19-20H2,1-2H3/p+1. The van der Waals surface area contributed by atoms with Crippen molar-refractivity contribution in [3.8, 4) is 23.0 Å². The molecule has 0 amide bonds. The molecule has 0 aromatic heterocycles. The summed E-state index contributed by atoms with van der Waals surface area (Å²) < 4.78 is 16.6. The summed E-state index contributed by atoms with van der Waals surface area (Å²) in [5.74, 6) is 1.24. The van der Waals surface area contributed by atoms with Crippen molar-refractivity contribution in [3.05, 3.63) is 119 Å². The van der Waals surface area contributed by atoms with Crippen molar-refractivity contribution < 1.29 is 33.4 Å². The van der Waals surface area contributed by atoms with Crippen LogP contribution in [-0.4, -0.2) is 41.6 Å².